The van der Waals surface area contributed by atoms with Crippen molar-refractivity contribution >= 4 is 0 Å². The third-order valence-electron chi connectivity index (χ3n) is 3.64. The van der Waals surface area contributed by atoms with Gasteiger partial charge in [0.25, 0.3) is 0 Å². The Morgan fingerprint density at radius 3 is 2.59 bits per heavy atom. The summed E-state index contributed by atoms with van der Waals surface area (Å²) >= 11 is 0. The molecule has 0 unspecified atom stereocenters. The third-order valence-corrected chi connectivity index (χ3v) is 3.64. The number of hydrogen-bond acceptors (Lipinski definition) is 4. The van der Waals surface area contributed by atoms with E-state index >= 15 is 0 Å². The lowest BCUT2D eigenvalue weighted by atomic mass is 10.2. The maximum Gasteiger partial charge on any atom is 0.127 e. The second-order valence-corrected chi connectivity index (χ2v) is 5.36. The van der Waals surface area contributed by atoms with Gasteiger partial charge in [-0.1, -0.05) is 6.07 Å². The standard InChI is InChI=1S/C17H25N3O2/c1-13-10-14(2)20(19-13)9-5-8-18-12-15-6-7-16(21-3)11-17(15)22-4/h6-7,10-11,18H,5,8-9,12H2,1-4H3. The van der Waals surface area contributed by atoms with Crippen LogP contribution in [0.1, 0.15) is 23.4 Å². The molecule has 0 aliphatic carbocycles. The van der Waals surface area contributed by atoms with Crippen LogP contribution in [0, 0.1) is 13.8 Å². The first-order valence-electron chi connectivity index (χ1n) is 7.56. The molecule has 0 aliphatic heterocycles. The van der Waals surface area contributed by atoms with Gasteiger partial charge in [0.2, 0.25) is 0 Å². The molecule has 0 saturated carbocycles. The molecule has 0 spiro atoms. The molecule has 5 heteroatoms. The van der Waals surface area contributed by atoms with Crippen LogP contribution < -0.4 is 14.8 Å². The number of aryl methyl sites for hydroxylation is 3. The van der Waals surface area contributed by atoms with E-state index in [1.54, 1.807) is 14.2 Å². The van der Waals surface area contributed by atoms with Crippen molar-refractivity contribution < 1.29 is 9.47 Å². The van der Waals surface area contributed by atoms with Gasteiger partial charge in [0.15, 0.2) is 0 Å². The number of nitrogens with one attached hydrogen (secondary N) is 1. The lowest BCUT2D eigenvalue weighted by Gasteiger charge is -2.11. The molecule has 1 aromatic heterocycles. The number of aromatic nitrogens is 2. The van der Waals surface area contributed by atoms with E-state index in [1.165, 1.54) is 5.69 Å². The summed E-state index contributed by atoms with van der Waals surface area (Å²) in [6.07, 6.45) is 1.04. The average Bonchev–Trinajstić information content (AvgIpc) is 2.84. The number of benzene rings is 1. The summed E-state index contributed by atoms with van der Waals surface area (Å²) in [5, 5.41) is 7.92. The van der Waals surface area contributed by atoms with Crippen molar-refractivity contribution in [3.05, 3.63) is 41.2 Å². The highest BCUT2D eigenvalue weighted by Crippen LogP contribution is 2.24. The summed E-state index contributed by atoms with van der Waals surface area (Å²) in [7, 11) is 3.34. The first-order chi connectivity index (χ1) is 10.6. The van der Waals surface area contributed by atoms with E-state index in [0.717, 1.165) is 48.8 Å². The van der Waals surface area contributed by atoms with Gasteiger partial charge in [0, 0.05) is 30.4 Å². The van der Waals surface area contributed by atoms with Crippen LogP contribution in [-0.2, 0) is 13.1 Å². The summed E-state index contributed by atoms with van der Waals surface area (Å²) < 4.78 is 12.7. The van der Waals surface area contributed by atoms with Gasteiger partial charge in [-0.05, 0) is 38.9 Å². The van der Waals surface area contributed by atoms with E-state index in [1.807, 2.05) is 25.1 Å². The second-order valence-electron chi connectivity index (χ2n) is 5.36. The summed E-state index contributed by atoms with van der Waals surface area (Å²) in [4.78, 5) is 0. The Kier molecular flexibility index (Phi) is 5.83. The molecule has 0 aliphatic rings. The minimum absolute atomic E-state index is 0.782. The van der Waals surface area contributed by atoms with E-state index in [9.17, 15) is 0 Å². The van der Waals surface area contributed by atoms with Crippen LogP contribution in [0.4, 0.5) is 0 Å². The Labute approximate surface area is 132 Å². The predicted molar refractivity (Wildman–Crippen MR) is 87.6 cm³/mol. The number of nitrogens with zero attached hydrogens (tertiary/aromatic N) is 2. The Bertz CT molecular complexity index is 608. The molecule has 5 nitrogen and oxygen atoms in total. The summed E-state index contributed by atoms with van der Waals surface area (Å²) in [6.45, 7) is 6.78. The third kappa shape index (κ3) is 4.24. The van der Waals surface area contributed by atoms with Crippen LogP contribution >= 0.6 is 0 Å². The first kappa shape index (κ1) is 16.4. The van der Waals surface area contributed by atoms with Gasteiger partial charge in [0.1, 0.15) is 11.5 Å². The number of ether oxygens (including phenoxy) is 2. The van der Waals surface area contributed by atoms with Crippen LogP contribution in [-0.4, -0.2) is 30.5 Å². The van der Waals surface area contributed by atoms with E-state index in [4.69, 9.17) is 9.47 Å². The van der Waals surface area contributed by atoms with Gasteiger partial charge < -0.3 is 14.8 Å². The van der Waals surface area contributed by atoms with Crippen molar-refractivity contribution in [1.82, 2.24) is 15.1 Å². The van der Waals surface area contributed by atoms with E-state index < -0.39 is 0 Å². The molecule has 0 atom stereocenters. The van der Waals surface area contributed by atoms with Crippen molar-refractivity contribution in [3.63, 3.8) is 0 Å². The van der Waals surface area contributed by atoms with E-state index in [0.29, 0.717) is 0 Å². The highest BCUT2D eigenvalue weighted by molar-refractivity contribution is 5.40. The largest absolute Gasteiger partial charge is 0.497 e. The van der Waals surface area contributed by atoms with Gasteiger partial charge in [-0.3, -0.25) is 4.68 Å². The minimum atomic E-state index is 0.782. The fourth-order valence-corrected chi connectivity index (χ4v) is 2.48. The Morgan fingerprint density at radius 2 is 1.95 bits per heavy atom. The lowest BCUT2D eigenvalue weighted by molar-refractivity contribution is 0.389. The molecule has 1 aromatic carbocycles. The molecule has 0 amide bonds. The Morgan fingerprint density at radius 1 is 1.14 bits per heavy atom. The van der Waals surface area contributed by atoms with Crippen molar-refractivity contribution in [1.29, 1.82) is 0 Å². The zero-order valence-electron chi connectivity index (χ0n) is 13.8. The van der Waals surface area contributed by atoms with Crippen LogP contribution in [0.25, 0.3) is 0 Å². The molecule has 2 aromatic rings. The number of rotatable bonds is 8. The maximum absolute atomic E-state index is 5.40. The smallest absolute Gasteiger partial charge is 0.127 e. The maximum atomic E-state index is 5.40. The van der Waals surface area contributed by atoms with E-state index in [-0.39, 0.29) is 0 Å². The van der Waals surface area contributed by atoms with Crippen LogP contribution in [0.15, 0.2) is 24.3 Å². The fraction of sp³-hybridized carbons (Fsp3) is 0.471. The number of hydrogen-bond donors (Lipinski definition) is 1. The highest BCUT2D eigenvalue weighted by Gasteiger charge is 2.05. The van der Waals surface area contributed by atoms with Gasteiger partial charge >= 0.3 is 0 Å². The molecule has 0 fully saturated rings. The Balaban J connectivity index is 1.78. The molecule has 120 valence electrons. The monoisotopic (exact) mass is 303 g/mol. The van der Waals surface area contributed by atoms with Crippen molar-refractivity contribution in [2.45, 2.75) is 33.4 Å². The zero-order valence-corrected chi connectivity index (χ0v) is 13.8. The lowest BCUT2D eigenvalue weighted by Crippen LogP contribution is -2.17. The highest BCUT2D eigenvalue weighted by atomic mass is 16.5. The number of methoxy groups -OCH3 is 2. The van der Waals surface area contributed by atoms with Crippen molar-refractivity contribution in [2.75, 3.05) is 20.8 Å². The summed E-state index contributed by atoms with van der Waals surface area (Å²) in [6, 6.07) is 8.00. The SMILES string of the molecule is COc1ccc(CNCCCn2nc(C)cc2C)c(OC)c1. The first-order valence-corrected chi connectivity index (χ1v) is 7.56. The molecular weight excluding hydrogens is 278 g/mol. The molecule has 0 radical (unpaired) electrons. The molecule has 0 bridgehead atoms. The van der Waals surface area contributed by atoms with Crippen LogP contribution in [0.5, 0.6) is 11.5 Å². The topological polar surface area (TPSA) is 48.3 Å². The van der Waals surface area contributed by atoms with Gasteiger partial charge in [-0.2, -0.15) is 5.10 Å². The van der Waals surface area contributed by atoms with E-state index in [2.05, 4.69) is 28.1 Å². The minimum Gasteiger partial charge on any atom is -0.497 e. The van der Waals surface area contributed by atoms with Crippen LogP contribution in [0.3, 0.4) is 0 Å². The quantitative estimate of drug-likeness (QED) is 0.762. The molecule has 2 rings (SSSR count). The second kappa shape index (κ2) is 7.84. The molecular formula is C17H25N3O2. The van der Waals surface area contributed by atoms with Crippen molar-refractivity contribution in [2.24, 2.45) is 0 Å². The molecule has 1 heterocycles. The summed E-state index contributed by atoms with van der Waals surface area (Å²) in [5.41, 5.74) is 3.43. The van der Waals surface area contributed by atoms with Gasteiger partial charge in [0.05, 0.1) is 19.9 Å². The van der Waals surface area contributed by atoms with Gasteiger partial charge in [-0.25, -0.2) is 0 Å². The molecule has 0 saturated heterocycles. The molecule has 1 N–H and O–H groups in total. The average molecular weight is 303 g/mol. The van der Waals surface area contributed by atoms with Gasteiger partial charge in [-0.15, -0.1) is 0 Å². The fourth-order valence-electron chi connectivity index (χ4n) is 2.48. The predicted octanol–water partition coefficient (Wildman–Crippen LogP) is 2.70. The van der Waals surface area contributed by atoms with Crippen LogP contribution in [0.2, 0.25) is 0 Å². The summed E-state index contributed by atoms with van der Waals surface area (Å²) in [5.74, 6) is 1.66. The normalized spacial score (nSPS) is 10.7. The van der Waals surface area contributed by atoms with Crippen molar-refractivity contribution in [3.8, 4) is 11.5 Å². The Hall–Kier alpha value is -2.01. The zero-order chi connectivity index (χ0) is 15.9. The molecule has 22 heavy (non-hydrogen) atoms.